The van der Waals surface area contributed by atoms with Crippen LogP contribution in [-0.2, 0) is 6.54 Å². The highest BCUT2D eigenvalue weighted by Crippen LogP contribution is 2.31. The minimum absolute atomic E-state index is 0.0280. The Labute approximate surface area is 169 Å². The summed E-state index contributed by atoms with van der Waals surface area (Å²) in [5.41, 5.74) is 2.61. The fourth-order valence-corrected chi connectivity index (χ4v) is 3.10. The van der Waals surface area contributed by atoms with Crippen LogP contribution in [0.5, 0.6) is 0 Å². The zero-order chi connectivity index (χ0) is 21.3. The normalized spacial score (nSPS) is 11.9. The minimum atomic E-state index is -4.47. The van der Waals surface area contributed by atoms with E-state index in [1.54, 1.807) is 12.1 Å². The van der Waals surface area contributed by atoms with E-state index in [0.29, 0.717) is 32.7 Å². The van der Waals surface area contributed by atoms with Crippen molar-refractivity contribution in [3.05, 3.63) is 40.8 Å². The highest BCUT2D eigenvalue weighted by Gasteiger charge is 2.30. The molecule has 11 heteroatoms. The summed E-state index contributed by atoms with van der Waals surface area (Å²) in [7, 11) is 0. The summed E-state index contributed by atoms with van der Waals surface area (Å²) in [5, 5.41) is 9.09. The van der Waals surface area contributed by atoms with E-state index in [4.69, 9.17) is 11.6 Å². The molecule has 3 rings (SSSR count). The summed E-state index contributed by atoms with van der Waals surface area (Å²) in [4.78, 5) is 21.0. The molecule has 0 fully saturated rings. The van der Waals surface area contributed by atoms with E-state index < -0.39 is 18.8 Å². The van der Waals surface area contributed by atoms with E-state index in [1.807, 2.05) is 13.8 Å². The van der Waals surface area contributed by atoms with Crippen molar-refractivity contribution >= 4 is 40.2 Å². The van der Waals surface area contributed by atoms with Crippen molar-refractivity contribution in [1.82, 2.24) is 19.7 Å². The Balaban J connectivity index is 1.88. The van der Waals surface area contributed by atoms with Gasteiger partial charge in [0.1, 0.15) is 17.5 Å². The lowest BCUT2D eigenvalue weighted by atomic mass is 10.0. The first-order valence-corrected chi connectivity index (χ1v) is 9.05. The average Bonchev–Trinajstić information content (AvgIpc) is 2.90. The molecule has 3 aromatic rings. The molecule has 0 aliphatic heterocycles. The Hall–Kier alpha value is -2.88. The smallest absolute Gasteiger partial charge is 0.306 e. The second-order valence-corrected chi connectivity index (χ2v) is 7.15. The van der Waals surface area contributed by atoms with Crippen LogP contribution in [0.3, 0.4) is 0 Å². The molecule has 0 spiro atoms. The van der Waals surface area contributed by atoms with Crippen molar-refractivity contribution in [1.29, 1.82) is 0 Å². The van der Waals surface area contributed by atoms with Gasteiger partial charge in [0.25, 0.3) is 0 Å². The van der Waals surface area contributed by atoms with Crippen LogP contribution in [0.4, 0.5) is 29.5 Å². The minimum Gasteiger partial charge on any atom is -0.306 e. The number of aryl methyl sites for hydroxylation is 1. The predicted octanol–water partition coefficient (Wildman–Crippen LogP) is 5.12. The van der Waals surface area contributed by atoms with Crippen LogP contribution in [-0.4, -0.2) is 32.0 Å². The second-order valence-electron chi connectivity index (χ2n) is 6.76. The van der Waals surface area contributed by atoms with Crippen LogP contribution in [0.2, 0.25) is 5.15 Å². The van der Waals surface area contributed by atoms with Gasteiger partial charge in [0.2, 0.25) is 0 Å². The summed E-state index contributed by atoms with van der Waals surface area (Å²) < 4.78 is 38.9. The molecule has 0 saturated carbocycles. The summed E-state index contributed by atoms with van der Waals surface area (Å²) in [5.74, 6) is -0.0990. The molecule has 0 bridgehead atoms. The lowest BCUT2D eigenvalue weighted by Gasteiger charge is -2.16. The predicted molar refractivity (Wildman–Crippen MR) is 104 cm³/mol. The van der Waals surface area contributed by atoms with Gasteiger partial charge in [-0.15, -0.1) is 0 Å². The molecule has 0 atom stereocenters. The van der Waals surface area contributed by atoms with Crippen LogP contribution in [0.15, 0.2) is 24.4 Å². The molecule has 0 unspecified atom stereocenters. The molecular formula is C18H18ClF3N6O. The molecule has 3 heterocycles. The summed E-state index contributed by atoms with van der Waals surface area (Å²) >= 11 is 5.99. The number of urea groups is 1. The molecular weight excluding hydrogens is 409 g/mol. The van der Waals surface area contributed by atoms with E-state index in [9.17, 15) is 18.0 Å². The number of carbonyl (C=O) groups is 1. The zero-order valence-electron chi connectivity index (χ0n) is 15.8. The molecule has 0 saturated heterocycles. The second kappa shape index (κ2) is 7.86. The summed E-state index contributed by atoms with van der Waals surface area (Å²) in [6, 6.07) is 3.97. The van der Waals surface area contributed by atoms with Gasteiger partial charge in [-0.2, -0.15) is 18.3 Å². The van der Waals surface area contributed by atoms with Gasteiger partial charge in [0.15, 0.2) is 0 Å². The Morgan fingerprint density at radius 2 is 2.00 bits per heavy atom. The lowest BCUT2D eigenvalue weighted by molar-refractivity contribution is -0.142. The van der Waals surface area contributed by atoms with Gasteiger partial charge in [-0.05, 0) is 25.0 Å². The number of rotatable bonds is 4. The molecule has 7 nitrogen and oxygen atoms in total. The molecule has 2 N–H and O–H groups in total. The molecule has 3 aromatic heterocycles. The van der Waals surface area contributed by atoms with Gasteiger partial charge in [-0.25, -0.2) is 14.5 Å². The number of pyridine rings is 2. The standard InChI is InChI=1S/C18H18ClF3N6O/c1-9(2)15-12(7-23-11-4-5-13(19)25-16(11)15)24-17(29)26-14-6-10(3)27-28(14)8-18(20,21)22/h4-7,9H,8H2,1-3H3,(H2,24,26,29). The molecule has 29 heavy (non-hydrogen) atoms. The number of halogens is 4. The number of nitrogens with one attached hydrogen (secondary N) is 2. The molecule has 0 aromatic carbocycles. The Morgan fingerprint density at radius 1 is 1.28 bits per heavy atom. The number of anilines is 2. The first-order valence-electron chi connectivity index (χ1n) is 8.68. The third kappa shape index (κ3) is 4.94. The Morgan fingerprint density at radius 3 is 2.66 bits per heavy atom. The fourth-order valence-electron chi connectivity index (χ4n) is 2.95. The van der Waals surface area contributed by atoms with Gasteiger partial charge < -0.3 is 5.32 Å². The Kier molecular flexibility index (Phi) is 5.65. The van der Waals surface area contributed by atoms with Gasteiger partial charge in [0, 0.05) is 11.6 Å². The third-order valence-electron chi connectivity index (χ3n) is 4.02. The number of carbonyl (C=O) groups excluding carboxylic acids is 1. The molecule has 2 amide bonds. The van der Waals surface area contributed by atoms with E-state index in [-0.39, 0.29) is 16.9 Å². The highest BCUT2D eigenvalue weighted by molar-refractivity contribution is 6.29. The zero-order valence-corrected chi connectivity index (χ0v) is 16.6. The number of hydrogen-bond donors (Lipinski definition) is 2. The monoisotopic (exact) mass is 426 g/mol. The quantitative estimate of drug-likeness (QED) is 0.567. The lowest BCUT2D eigenvalue weighted by Crippen LogP contribution is -2.25. The highest BCUT2D eigenvalue weighted by atomic mass is 35.5. The van der Waals surface area contributed by atoms with Crippen molar-refractivity contribution in [3.8, 4) is 0 Å². The van der Waals surface area contributed by atoms with Crippen molar-refractivity contribution in [2.24, 2.45) is 0 Å². The fraction of sp³-hybridized carbons (Fsp3) is 0.333. The number of nitrogens with zero attached hydrogens (tertiary/aromatic N) is 4. The van der Waals surface area contributed by atoms with Crippen LogP contribution >= 0.6 is 11.6 Å². The van der Waals surface area contributed by atoms with Crippen molar-refractivity contribution < 1.29 is 18.0 Å². The van der Waals surface area contributed by atoms with Gasteiger partial charge >= 0.3 is 12.2 Å². The average molecular weight is 427 g/mol. The van der Waals surface area contributed by atoms with Crippen LogP contribution < -0.4 is 10.6 Å². The van der Waals surface area contributed by atoms with E-state index >= 15 is 0 Å². The van der Waals surface area contributed by atoms with Crippen molar-refractivity contribution in [3.63, 3.8) is 0 Å². The number of aromatic nitrogens is 4. The summed E-state index contributed by atoms with van der Waals surface area (Å²) in [6.07, 6.45) is -2.99. The maximum atomic E-state index is 12.7. The van der Waals surface area contributed by atoms with Crippen LogP contribution in [0.25, 0.3) is 11.0 Å². The first-order chi connectivity index (χ1) is 13.5. The van der Waals surface area contributed by atoms with Gasteiger partial charge in [-0.1, -0.05) is 25.4 Å². The van der Waals surface area contributed by atoms with Crippen LogP contribution in [0, 0.1) is 6.92 Å². The van der Waals surface area contributed by atoms with Crippen molar-refractivity contribution in [2.45, 2.75) is 39.4 Å². The summed E-state index contributed by atoms with van der Waals surface area (Å²) in [6.45, 7) is 4.06. The number of alkyl halides is 3. The number of fused-ring (bicyclic) bond motifs is 1. The maximum absolute atomic E-state index is 12.7. The first kappa shape index (κ1) is 20.8. The van der Waals surface area contributed by atoms with E-state index in [0.717, 1.165) is 0 Å². The van der Waals surface area contributed by atoms with E-state index in [1.165, 1.54) is 19.2 Å². The van der Waals surface area contributed by atoms with Crippen LogP contribution in [0.1, 0.15) is 31.0 Å². The molecule has 0 aliphatic rings. The number of hydrogen-bond acceptors (Lipinski definition) is 4. The molecule has 0 aliphatic carbocycles. The number of amides is 2. The van der Waals surface area contributed by atoms with Gasteiger partial charge in [0.05, 0.1) is 28.6 Å². The van der Waals surface area contributed by atoms with Crippen molar-refractivity contribution in [2.75, 3.05) is 10.6 Å². The van der Waals surface area contributed by atoms with E-state index in [2.05, 4.69) is 25.7 Å². The molecule has 0 radical (unpaired) electrons. The topological polar surface area (TPSA) is 84.7 Å². The largest absolute Gasteiger partial charge is 0.408 e. The third-order valence-corrected chi connectivity index (χ3v) is 4.23. The Bertz CT molecular complexity index is 1060. The molecule has 154 valence electrons. The maximum Gasteiger partial charge on any atom is 0.408 e. The van der Waals surface area contributed by atoms with Gasteiger partial charge in [-0.3, -0.25) is 10.3 Å². The SMILES string of the molecule is Cc1cc(NC(=O)Nc2cnc3ccc(Cl)nc3c2C(C)C)n(CC(F)(F)F)n1.